The van der Waals surface area contributed by atoms with Gasteiger partial charge in [-0.25, -0.2) is 0 Å². The zero-order valence-corrected chi connectivity index (χ0v) is 12.3. The van der Waals surface area contributed by atoms with E-state index in [0.717, 1.165) is 24.4 Å². The van der Waals surface area contributed by atoms with Crippen molar-refractivity contribution >= 4 is 11.6 Å². The fraction of sp³-hybridized carbons (Fsp3) is 0.533. The molecule has 0 saturated carbocycles. The van der Waals surface area contributed by atoms with Gasteiger partial charge in [0.25, 0.3) is 5.91 Å². The number of carbonyl (C=O) groups excluding carboxylic acids is 1. The number of carbonyl (C=O) groups is 1. The van der Waals surface area contributed by atoms with E-state index in [1.54, 1.807) is 0 Å². The summed E-state index contributed by atoms with van der Waals surface area (Å²) >= 11 is 0. The highest BCUT2D eigenvalue weighted by molar-refractivity contribution is 5.83. The Balaban J connectivity index is 1.85. The third kappa shape index (κ3) is 3.87. The van der Waals surface area contributed by atoms with Crippen LogP contribution >= 0.6 is 0 Å². The Morgan fingerprint density at radius 3 is 3.00 bits per heavy atom. The van der Waals surface area contributed by atoms with Crippen LogP contribution in [0.2, 0.25) is 0 Å². The summed E-state index contributed by atoms with van der Waals surface area (Å²) in [6, 6.07) is 7.81. The van der Waals surface area contributed by atoms with Crippen molar-refractivity contribution in [3.63, 3.8) is 0 Å². The van der Waals surface area contributed by atoms with Gasteiger partial charge in [-0.15, -0.1) is 0 Å². The number of amides is 1. The topological polar surface area (TPSA) is 53.6 Å². The lowest BCUT2D eigenvalue weighted by molar-refractivity contribution is -0.128. The van der Waals surface area contributed by atoms with E-state index in [2.05, 4.69) is 15.5 Å². The molecule has 20 heavy (non-hydrogen) atoms. The Kier molecular flexibility index (Phi) is 4.84. The lowest BCUT2D eigenvalue weighted by atomic mass is 10.2. The maximum absolute atomic E-state index is 12.2. The number of hydrogen-bond acceptors (Lipinski definition) is 4. The number of ether oxygens (including phenoxy) is 1. The van der Waals surface area contributed by atoms with Crippen LogP contribution < -0.4 is 15.4 Å². The van der Waals surface area contributed by atoms with Gasteiger partial charge in [-0.2, -0.15) is 0 Å². The summed E-state index contributed by atoms with van der Waals surface area (Å²) in [6.45, 7) is 3.48. The molecule has 5 nitrogen and oxygen atoms in total. The van der Waals surface area contributed by atoms with Crippen molar-refractivity contribution in [2.24, 2.45) is 0 Å². The molecule has 0 spiro atoms. The minimum absolute atomic E-state index is 0.0572. The fourth-order valence-electron chi connectivity index (χ4n) is 2.12. The third-order valence-corrected chi connectivity index (χ3v) is 3.32. The lowest BCUT2D eigenvalue weighted by Gasteiger charge is -2.27. The van der Waals surface area contributed by atoms with Gasteiger partial charge in [-0.05, 0) is 46.1 Å². The molecule has 0 bridgehead atoms. The Morgan fingerprint density at radius 2 is 2.25 bits per heavy atom. The van der Waals surface area contributed by atoms with E-state index in [9.17, 15) is 4.79 Å². The van der Waals surface area contributed by atoms with E-state index in [1.165, 1.54) is 0 Å². The predicted octanol–water partition coefficient (Wildman–Crippen LogP) is 1.32. The molecule has 2 atom stereocenters. The fourth-order valence-corrected chi connectivity index (χ4v) is 2.12. The van der Waals surface area contributed by atoms with Crippen LogP contribution in [0.25, 0.3) is 0 Å². The van der Waals surface area contributed by atoms with E-state index < -0.39 is 6.10 Å². The monoisotopic (exact) mass is 277 g/mol. The summed E-state index contributed by atoms with van der Waals surface area (Å²) in [4.78, 5) is 14.3. The van der Waals surface area contributed by atoms with Crippen LogP contribution in [0.4, 0.5) is 5.69 Å². The summed E-state index contributed by atoms with van der Waals surface area (Å²) in [7, 11) is 4.05. The molecule has 2 N–H and O–H groups in total. The smallest absolute Gasteiger partial charge is 0.263 e. The zero-order chi connectivity index (χ0) is 14.5. The summed E-state index contributed by atoms with van der Waals surface area (Å²) in [6.07, 6.45) is 0.460. The van der Waals surface area contributed by atoms with Gasteiger partial charge in [0.2, 0.25) is 0 Å². The Bertz CT molecular complexity index is 462. The molecule has 0 aromatic heterocycles. The third-order valence-electron chi connectivity index (χ3n) is 3.32. The summed E-state index contributed by atoms with van der Waals surface area (Å²) in [5.74, 6) is 0.679. The van der Waals surface area contributed by atoms with Gasteiger partial charge in [0.1, 0.15) is 5.75 Å². The second-order valence-corrected chi connectivity index (χ2v) is 5.49. The van der Waals surface area contributed by atoms with Crippen LogP contribution in [0.5, 0.6) is 5.75 Å². The second-order valence-electron chi connectivity index (χ2n) is 5.49. The maximum atomic E-state index is 12.2. The van der Waals surface area contributed by atoms with E-state index >= 15 is 0 Å². The van der Waals surface area contributed by atoms with Crippen molar-refractivity contribution in [3.8, 4) is 5.75 Å². The SMILES string of the molecule is CC(CCN(C)C)NC(=O)C1CNc2ccccc2O1. The quantitative estimate of drug-likeness (QED) is 0.852. The minimum atomic E-state index is -0.466. The first-order valence-electron chi connectivity index (χ1n) is 7.01. The number of hydrogen-bond donors (Lipinski definition) is 2. The Morgan fingerprint density at radius 1 is 1.50 bits per heavy atom. The molecule has 110 valence electrons. The van der Waals surface area contributed by atoms with Crippen molar-refractivity contribution in [3.05, 3.63) is 24.3 Å². The van der Waals surface area contributed by atoms with Crippen LogP contribution in [-0.2, 0) is 4.79 Å². The van der Waals surface area contributed by atoms with Crippen LogP contribution in [0.15, 0.2) is 24.3 Å². The van der Waals surface area contributed by atoms with E-state index in [0.29, 0.717) is 6.54 Å². The predicted molar refractivity (Wildman–Crippen MR) is 80.1 cm³/mol. The molecular formula is C15H23N3O2. The van der Waals surface area contributed by atoms with Gasteiger partial charge in [0.05, 0.1) is 12.2 Å². The van der Waals surface area contributed by atoms with E-state index in [1.807, 2.05) is 45.3 Å². The number of benzene rings is 1. The molecule has 5 heteroatoms. The second kappa shape index (κ2) is 6.61. The highest BCUT2D eigenvalue weighted by atomic mass is 16.5. The van der Waals surface area contributed by atoms with Gasteiger partial charge < -0.3 is 20.3 Å². The minimum Gasteiger partial charge on any atom is -0.477 e. The molecule has 1 heterocycles. The molecule has 0 fully saturated rings. The van der Waals surface area contributed by atoms with Crippen molar-refractivity contribution in [1.82, 2.24) is 10.2 Å². The van der Waals surface area contributed by atoms with Crippen molar-refractivity contribution < 1.29 is 9.53 Å². The molecule has 1 aliphatic rings. The Hall–Kier alpha value is -1.75. The van der Waals surface area contributed by atoms with E-state index in [-0.39, 0.29) is 11.9 Å². The first-order valence-corrected chi connectivity index (χ1v) is 7.01. The number of nitrogens with one attached hydrogen (secondary N) is 2. The van der Waals surface area contributed by atoms with Gasteiger partial charge in [0.15, 0.2) is 6.10 Å². The molecule has 0 aliphatic carbocycles. The van der Waals surface area contributed by atoms with E-state index in [4.69, 9.17) is 4.74 Å². The largest absolute Gasteiger partial charge is 0.477 e. The number of nitrogens with zero attached hydrogens (tertiary/aromatic N) is 1. The average Bonchev–Trinajstić information content (AvgIpc) is 2.44. The Labute approximate surface area is 120 Å². The number of para-hydroxylation sites is 2. The molecule has 2 rings (SSSR count). The average molecular weight is 277 g/mol. The van der Waals surface area contributed by atoms with Crippen LogP contribution in [0, 0.1) is 0 Å². The molecule has 0 saturated heterocycles. The van der Waals surface area contributed by atoms with Crippen molar-refractivity contribution in [2.75, 3.05) is 32.5 Å². The maximum Gasteiger partial charge on any atom is 0.263 e. The molecule has 1 amide bonds. The normalized spacial score (nSPS) is 18.7. The zero-order valence-electron chi connectivity index (χ0n) is 12.3. The summed E-state index contributed by atoms with van der Waals surface area (Å²) < 4.78 is 5.74. The molecule has 1 aromatic rings. The molecule has 1 aliphatic heterocycles. The van der Waals surface area contributed by atoms with Crippen LogP contribution in [-0.4, -0.2) is 50.1 Å². The number of rotatable bonds is 5. The van der Waals surface area contributed by atoms with Gasteiger partial charge in [0, 0.05) is 6.04 Å². The molecule has 1 aromatic carbocycles. The summed E-state index contributed by atoms with van der Waals surface area (Å²) in [5, 5.41) is 6.23. The standard InChI is InChI=1S/C15H23N3O2/c1-11(8-9-18(2)3)17-15(19)14-10-16-12-6-4-5-7-13(12)20-14/h4-7,11,14,16H,8-10H2,1-3H3,(H,17,19). The molecular weight excluding hydrogens is 254 g/mol. The van der Waals surface area contributed by atoms with Crippen molar-refractivity contribution in [1.29, 1.82) is 0 Å². The van der Waals surface area contributed by atoms with Crippen LogP contribution in [0.1, 0.15) is 13.3 Å². The highest BCUT2D eigenvalue weighted by Gasteiger charge is 2.26. The van der Waals surface area contributed by atoms with Gasteiger partial charge in [-0.1, -0.05) is 12.1 Å². The number of fused-ring (bicyclic) bond motifs is 1. The summed E-state index contributed by atoms with van der Waals surface area (Å²) in [5.41, 5.74) is 0.942. The van der Waals surface area contributed by atoms with Crippen molar-refractivity contribution in [2.45, 2.75) is 25.5 Å². The molecule has 0 radical (unpaired) electrons. The number of anilines is 1. The first-order chi connectivity index (χ1) is 9.56. The first kappa shape index (κ1) is 14.7. The van der Waals surface area contributed by atoms with Crippen LogP contribution in [0.3, 0.4) is 0 Å². The molecule has 2 unspecified atom stereocenters. The van der Waals surface area contributed by atoms with Gasteiger partial charge in [-0.3, -0.25) is 4.79 Å². The highest BCUT2D eigenvalue weighted by Crippen LogP contribution is 2.28. The van der Waals surface area contributed by atoms with Gasteiger partial charge >= 0.3 is 0 Å². The lowest BCUT2D eigenvalue weighted by Crippen LogP contribution is -2.47.